The second kappa shape index (κ2) is 6.10. The van der Waals surface area contributed by atoms with Crippen molar-refractivity contribution in [2.24, 2.45) is 7.05 Å². The molecule has 1 fully saturated rings. The fraction of sp³-hybridized carbons (Fsp3) is 0.727. The van der Waals surface area contributed by atoms with Crippen molar-refractivity contribution in [3.05, 3.63) is 10.6 Å². The molecule has 0 spiro atoms. The zero-order chi connectivity index (χ0) is 13.0. The minimum Gasteiger partial charge on any atom is -0.368 e. The Hall–Kier alpha value is -1.21. The maximum Gasteiger partial charge on any atom is 0.246 e. The van der Waals surface area contributed by atoms with Crippen LogP contribution in [0.2, 0.25) is 0 Å². The molecule has 1 aliphatic rings. The molecule has 0 atom stereocenters. The maximum absolute atomic E-state index is 11.6. The van der Waals surface area contributed by atoms with E-state index in [1.807, 2.05) is 7.05 Å². The maximum atomic E-state index is 11.6. The van der Waals surface area contributed by atoms with E-state index >= 15 is 0 Å². The molecule has 1 amide bonds. The lowest BCUT2D eigenvalue weighted by Gasteiger charge is -2.10. The Balaban J connectivity index is 1.71. The van der Waals surface area contributed by atoms with E-state index in [2.05, 4.69) is 15.5 Å². The molecule has 0 bridgehead atoms. The van der Waals surface area contributed by atoms with E-state index < -0.39 is 0 Å². The first-order valence-corrected chi connectivity index (χ1v) is 6.56. The van der Waals surface area contributed by atoms with Gasteiger partial charge in [-0.05, 0) is 25.1 Å². The number of nitrogens with one attached hydrogen (secondary N) is 2. The number of H-pyrrole nitrogens is 1. The lowest BCUT2D eigenvalue weighted by Crippen LogP contribution is -2.29. The van der Waals surface area contributed by atoms with Gasteiger partial charge in [-0.1, -0.05) is 12.8 Å². The first-order chi connectivity index (χ1) is 8.66. The van der Waals surface area contributed by atoms with Crippen molar-refractivity contribution < 1.29 is 9.53 Å². The van der Waals surface area contributed by atoms with Gasteiger partial charge in [0, 0.05) is 7.05 Å². The molecule has 2 rings (SSSR count). The summed E-state index contributed by atoms with van der Waals surface area (Å²) in [6.45, 7) is 0.482. The number of ether oxygens (including phenoxy) is 1. The third-order valence-corrected chi connectivity index (χ3v) is 3.53. The highest BCUT2D eigenvalue weighted by molar-refractivity contribution is 7.71. The van der Waals surface area contributed by atoms with Crippen LogP contribution < -0.4 is 5.32 Å². The molecule has 1 saturated carbocycles. The van der Waals surface area contributed by atoms with Crippen LogP contribution in [0.15, 0.2) is 0 Å². The van der Waals surface area contributed by atoms with E-state index in [4.69, 9.17) is 17.0 Å². The zero-order valence-electron chi connectivity index (χ0n) is 10.4. The predicted molar refractivity (Wildman–Crippen MR) is 68.4 cm³/mol. The summed E-state index contributed by atoms with van der Waals surface area (Å²) < 4.78 is 7.79. The fourth-order valence-electron chi connectivity index (χ4n) is 2.01. The van der Waals surface area contributed by atoms with Crippen LogP contribution in [-0.4, -0.2) is 33.4 Å². The lowest BCUT2D eigenvalue weighted by molar-refractivity contribution is -0.127. The van der Waals surface area contributed by atoms with Crippen molar-refractivity contribution in [3.8, 4) is 0 Å². The Morgan fingerprint density at radius 2 is 2.33 bits per heavy atom. The topological polar surface area (TPSA) is 71.9 Å². The van der Waals surface area contributed by atoms with Gasteiger partial charge in [0.1, 0.15) is 6.61 Å². The molecule has 2 N–H and O–H groups in total. The summed E-state index contributed by atoms with van der Waals surface area (Å²) in [5.74, 6) is 0.588. The number of aromatic nitrogens is 3. The van der Waals surface area contributed by atoms with Crippen molar-refractivity contribution in [2.75, 3.05) is 6.61 Å². The summed E-state index contributed by atoms with van der Waals surface area (Å²) in [4.78, 5) is 11.6. The number of aromatic amines is 1. The van der Waals surface area contributed by atoms with Gasteiger partial charge in [0.25, 0.3) is 0 Å². The Labute approximate surface area is 111 Å². The first kappa shape index (κ1) is 13.2. The molecule has 0 radical (unpaired) electrons. The number of carbonyl (C=O) groups excluding carboxylic acids is 1. The molecule has 7 heteroatoms. The van der Waals surface area contributed by atoms with Crippen LogP contribution in [0.4, 0.5) is 0 Å². The largest absolute Gasteiger partial charge is 0.368 e. The summed E-state index contributed by atoms with van der Waals surface area (Å²) in [6.07, 6.45) is 4.81. The molecular formula is C11H18N4O2S. The number of nitrogens with zero attached hydrogens (tertiary/aromatic N) is 2. The second-order valence-corrected chi connectivity index (χ2v) is 4.88. The Morgan fingerprint density at radius 1 is 1.61 bits per heavy atom. The van der Waals surface area contributed by atoms with Gasteiger partial charge in [-0.15, -0.1) is 0 Å². The second-order valence-electron chi connectivity index (χ2n) is 4.50. The molecule has 1 heterocycles. The standard InChI is InChI=1S/C11H18N4O2S/c1-15-9(13-14-11(15)18)6-12-10(16)7-17-8-4-2-3-5-8/h8H,2-7H2,1H3,(H,12,16)(H,14,18). The van der Waals surface area contributed by atoms with E-state index in [1.165, 1.54) is 12.8 Å². The van der Waals surface area contributed by atoms with E-state index in [1.54, 1.807) is 4.57 Å². The van der Waals surface area contributed by atoms with Crippen LogP contribution in [0.3, 0.4) is 0 Å². The normalized spacial score (nSPS) is 16.1. The highest BCUT2D eigenvalue weighted by Crippen LogP contribution is 2.20. The Kier molecular flexibility index (Phi) is 4.48. The predicted octanol–water partition coefficient (Wildman–Crippen LogP) is 1.05. The summed E-state index contributed by atoms with van der Waals surface area (Å²) in [5, 5.41) is 9.45. The van der Waals surface area contributed by atoms with Gasteiger partial charge in [-0.3, -0.25) is 9.89 Å². The average Bonchev–Trinajstić information content (AvgIpc) is 2.97. The highest BCUT2D eigenvalue weighted by Gasteiger charge is 2.16. The lowest BCUT2D eigenvalue weighted by atomic mass is 10.3. The molecule has 18 heavy (non-hydrogen) atoms. The Morgan fingerprint density at radius 3 is 2.94 bits per heavy atom. The zero-order valence-corrected chi connectivity index (χ0v) is 11.3. The third kappa shape index (κ3) is 3.39. The van der Waals surface area contributed by atoms with Gasteiger partial charge in [0.2, 0.25) is 5.91 Å². The number of amides is 1. The van der Waals surface area contributed by atoms with Crippen LogP contribution in [0.1, 0.15) is 31.5 Å². The van der Waals surface area contributed by atoms with Crippen molar-refractivity contribution in [2.45, 2.75) is 38.3 Å². The molecule has 0 aromatic carbocycles. The molecule has 1 aromatic rings. The quantitative estimate of drug-likeness (QED) is 0.785. The molecule has 1 aromatic heterocycles. The number of carbonyl (C=O) groups is 1. The number of hydrogen-bond donors (Lipinski definition) is 2. The molecule has 1 aliphatic carbocycles. The molecule has 0 unspecified atom stereocenters. The van der Waals surface area contributed by atoms with Gasteiger partial charge in [0.05, 0.1) is 12.6 Å². The van der Waals surface area contributed by atoms with Crippen molar-refractivity contribution in [3.63, 3.8) is 0 Å². The number of hydrogen-bond acceptors (Lipinski definition) is 4. The molecule has 0 aliphatic heterocycles. The summed E-state index contributed by atoms with van der Waals surface area (Å²) >= 11 is 4.99. The van der Waals surface area contributed by atoms with E-state index in [0.717, 1.165) is 12.8 Å². The van der Waals surface area contributed by atoms with Gasteiger partial charge in [0.15, 0.2) is 10.6 Å². The van der Waals surface area contributed by atoms with Crippen LogP contribution in [0.5, 0.6) is 0 Å². The van der Waals surface area contributed by atoms with Crippen molar-refractivity contribution in [1.29, 1.82) is 0 Å². The van der Waals surface area contributed by atoms with Crippen LogP contribution >= 0.6 is 12.2 Å². The smallest absolute Gasteiger partial charge is 0.246 e. The first-order valence-electron chi connectivity index (χ1n) is 6.15. The highest BCUT2D eigenvalue weighted by atomic mass is 32.1. The van der Waals surface area contributed by atoms with Gasteiger partial charge in [-0.2, -0.15) is 5.10 Å². The molecular weight excluding hydrogens is 252 g/mol. The Bertz CT molecular complexity index is 462. The average molecular weight is 270 g/mol. The van der Waals surface area contributed by atoms with Gasteiger partial charge < -0.3 is 14.6 Å². The monoisotopic (exact) mass is 270 g/mol. The molecule has 6 nitrogen and oxygen atoms in total. The van der Waals surface area contributed by atoms with Crippen molar-refractivity contribution >= 4 is 18.1 Å². The minimum atomic E-state index is -0.115. The van der Waals surface area contributed by atoms with Gasteiger partial charge >= 0.3 is 0 Å². The van der Waals surface area contributed by atoms with Gasteiger partial charge in [-0.25, -0.2) is 0 Å². The van der Waals surface area contributed by atoms with E-state index in [0.29, 0.717) is 17.1 Å². The number of rotatable bonds is 5. The fourth-order valence-corrected chi connectivity index (χ4v) is 2.17. The SMILES string of the molecule is Cn1c(CNC(=O)COC2CCCC2)n[nH]c1=S. The van der Waals surface area contributed by atoms with E-state index in [9.17, 15) is 4.79 Å². The van der Waals surface area contributed by atoms with Crippen LogP contribution in [0.25, 0.3) is 0 Å². The molecule has 100 valence electrons. The van der Waals surface area contributed by atoms with Crippen LogP contribution in [0, 0.1) is 4.77 Å². The third-order valence-electron chi connectivity index (χ3n) is 3.17. The summed E-state index contributed by atoms with van der Waals surface area (Å²) in [5.41, 5.74) is 0. The van der Waals surface area contributed by atoms with Crippen molar-refractivity contribution in [1.82, 2.24) is 20.1 Å². The minimum absolute atomic E-state index is 0.115. The van der Waals surface area contributed by atoms with E-state index in [-0.39, 0.29) is 18.6 Å². The molecule has 0 saturated heterocycles. The summed E-state index contributed by atoms with van der Waals surface area (Å²) in [6, 6.07) is 0. The van der Waals surface area contributed by atoms with Crippen LogP contribution in [-0.2, 0) is 23.1 Å². The summed E-state index contributed by atoms with van der Waals surface area (Å²) in [7, 11) is 1.81.